The minimum absolute atomic E-state index is 0.0487. The van der Waals surface area contributed by atoms with Crippen molar-refractivity contribution >= 4 is 15.7 Å². The van der Waals surface area contributed by atoms with E-state index in [1.165, 1.54) is 0 Å². The van der Waals surface area contributed by atoms with Crippen LogP contribution in [0.1, 0.15) is 56.4 Å². The fraction of sp³-hybridized carbons (Fsp3) is 0.600. The fourth-order valence-electron chi connectivity index (χ4n) is 4.46. The Labute approximate surface area is 198 Å². The first-order valence-corrected chi connectivity index (χ1v) is 13.5. The largest absolute Gasteiger partial charge is 0.383 e. The molecule has 1 amide bonds. The molecule has 1 aliphatic carbocycles. The number of imidazole rings is 1. The molecule has 182 valence electrons. The number of carbonyl (C=O) groups is 1. The number of benzene rings is 1. The molecule has 7 nitrogen and oxygen atoms in total. The van der Waals surface area contributed by atoms with Crippen LogP contribution >= 0.6 is 0 Å². The Balaban J connectivity index is 1.91. The summed E-state index contributed by atoms with van der Waals surface area (Å²) in [6.07, 6.45) is 5.63. The van der Waals surface area contributed by atoms with Crippen molar-refractivity contribution in [2.45, 2.75) is 70.5 Å². The van der Waals surface area contributed by atoms with Crippen molar-refractivity contribution in [3.05, 3.63) is 47.3 Å². The summed E-state index contributed by atoms with van der Waals surface area (Å²) in [5.74, 6) is 0.310. The van der Waals surface area contributed by atoms with Gasteiger partial charge in [-0.3, -0.25) is 4.79 Å². The predicted octanol–water partition coefficient (Wildman–Crippen LogP) is 3.99. The van der Waals surface area contributed by atoms with Crippen molar-refractivity contribution in [3.8, 4) is 0 Å². The second kappa shape index (κ2) is 11.3. The van der Waals surface area contributed by atoms with E-state index in [9.17, 15) is 13.2 Å². The first-order chi connectivity index (χ1) is 15.7. The lowest BCUT2D eigenvalue weighted by Crippen LogP contribution is -2.38. The Morgan fingerprint density at radius 1 is 1.24 bits per heavy atom. The van der Waals surface area contributed by atoms with Crippen LogP contribution in [-0.4, -0.2) is 49.0 Å². The minimum atomic E-state index is -3.66. The molecule has 1 fully saturated rings. The quantitative estimate of drug-likeness (QED) is 0.491. The summed E-state index contributed by atoms with van der Waals surface area (Å²) >= 11 is 0. The standard InChI is InChI=1S/C25H37N3O4S/c1-19(2)16-28-23(17-27(13-14-32-4)24(29)21-10-7-8-11-21)15-26-25(28)33(30,31)18-22-12-6-5-9-20(22)3/h5-6,9,12,15,19,21H,7-8,10-11,13-14,16-18H2,1-4H3. The summed E-state index contributed by atoms with van der Waals surface area (Å²) in [5, 5.41) is 0.0782. The molecule has 0 bridgehead atoms. The van der Waals surface area contributed by atoms with Crippen molar-refractivity contribution in [1.82, 2.24) is 14.5 Å². The highest BCUT2D eigenvalue weighted by atomic mass is 32.2. The molecule has 0 atom stereocenters. The predicted molar refractivity (Wildman–Crippen MR) is 128 cm³/mol. The van der Waals surface area contributed by atoms with E-state index in [0.29, 0.717) is 26.2 Å². The van der Waals surface area contributed by atoms with Crippen LogP contribution in [0.2, 0.25) is 0 Å². The molecule has 1 aromatic carbocycles. The number of sulfone groups is 1. The van der Waals surface area contributed by atoms with Gasteiger partial charge in [-0.2, -0.15) is 0 Å². The van der Waals surface area contributed by atoms with E-state index >= 15 is 0 Å². The SMILES string of the molecule is COCCN(Cc1cnc(S(=O)(=O)Cc2ccccc2C)n1CC(C)C)C(=O)C1CCCC1. The molecule has 33 heavy (non-hydrogen) atoms. The lowest BCUT2D eigenvalue weighted by Gasteiger charge is -2.26. The van der Waals surface area contributed by atoms with Gasteiger partial charge in [0.2, 0.25) is 20.9 Å². The van der Waals surface area contributed by atoms with Crippen molar-refractivity contribution in [2.24, 2.45) is 11.8 Å². The summed E-state index contributed by atoms with van der Waals surface area (Å²) in [5.41, 5.74) is 2.46. The van der Waals surface area contributed by atoms with Crippen LogP contribution < -0.4 is 0 Å². The van der Waals surface area contributed by atoms with Gasteiger partial charge in [-0.1, -0.05) is 51.0 Å². The molecule has 0 unspecified atom stereocenters. The molecule has 0 radical (unpaired) electrons. The summed E-state index contributed by atoms with van der Waals surface area (Å²) in [6.45, 7) is 7.78. The third-order valence-electron chi connectivity index (χ3n) is 6.27. The zero-order valence-electron chi connectivity index (χ0n) is 20.3. The Morgan fingerprint density at radius 2 is 1.94 bits per heavy atom. The number of hydrogen-bond donors (Lipinski definition) is 0. The molecule has 0 saturated heterocycles. The Morgan fingerprint density at radius 3 is 2.58 bits per heavy atom. The van der Waals surface area contributed by atoms with Crippen LogP contribution in [0.15, 0.2) is 35.6 Å². The molecule has 1 heterocycles. The first kappa shape index (κ1) is 25.4. The number of aryl methyl sites for hydroxylation is 1. The third kappa shape index (κ3) is 6.44. The van der Waals surface area contributed by atoms with E-state index in [1.807, 2.05) is 49.9 Å². The summed E-state index contributed by atoms with van der Waals surface area (Å²) < 4.78 is 33.8. The van der Waals surface area contributed by atoms with Crippen molar-refractivity contribution in [2.75, 3.05) is 20.3 Å². The molecule has 2 aromatic rings. The Bertz CT molecular complexity index is 1040. The summed E-state index contributed by atoms with van der Waals surface area (Å²) in [4.78, 5) is 19.4. The Hall–Kier alpha value is -2.19. The topological polar surface area (TPSA) is 81.5 Å². The van der Waals surface area contributed by atoms with Gasteiger partial charge in [-0.15, -0.1) is 0 Å². The number of methoxy groups -OCH3 is 1. The second-order valence-corrected chi connectivity index (χ2v) is 11.3. The average Bonchev–Trinajstić information content (AvgIpc) is 3.43. The maximum atomic E-state index is 13.4. The van der Waals surface area contributed by atoms with Gasteiger partial charge in [-0.25, -0.2) is 13.4 Å². The monoisotopic (exact) mass is 475 g/mol. The lowest BCUT2D eigenvalue weighted by atomic mass is 10.1. The zero-order chi connectivity index (χ0) is 24.0. The number of nitrogens with zero attached hydrogens (tertiary/aromatic N) is 3. The number of hydrogen-bond acceptors (Lipinski definition) is 5. The van der Waals surface area contributed by atoms with Crippen molar-refractivity contribution in [3.63, 3.8) is 0 Å². The van der Waals surface area contributed by atoms with Gasteiger partial charge in [0.1, 0.15) is 0 Å². The van der Waals surface area contributed by atoms with Gasteiger partial charge in [0.25, 0.3) is 0 Å². The van der Waals surface area contributed by atoms with E-state index < -0.39 is 9.84 Å². The maximum absolute atomic E-state index is 13.4. The van der Waals surface area contributed by atoms with Gasteiger partial charge in [-0.05, 0) is 36.8 Å². The van der Waals surface area contributed by atoms with Crippen LogP contribution in [0.25, 0.3) is 0 Å². The summed E-state index contributed by atoms with van der Waals surface area (Å²) in [7, 11) is -2.03. The van der Waals surface area contributed by atoms with E-state index in [0.717, 1.165) is 42.5 Å². The number of rotatable bonds is 11. The highest BCUT2D eigenvalue weighted by molar-refractivity contribution is 7.90. The first-order valence-electron chi connectivity index (χ1n) is 11.8. The average molecular weight is 476 g/mol. The summed E-state index contributed by atoms with van der Waals surface area (Å²) in [6, 6.07) is 7.51. The molecular weight excluding hydrogens is 438 g/mol. The van der Waals surface area contributed by atoms with Crippen LogP contribution in [0.3, 0.4) is 0 Å². The van der Waals surface area contributed by atoms with E-state index in [2.05, 4.69) is 4.98 Å². The van der Waals surface area contributed by atoms with Gasteiger partial charge in [0, 0.05) is 26.1 Å². The molecule has 0 aliphatic heterocycles. The van der Waals surface area contributed by atoms with Crippen LogP contribution in [0.4, 0.5) is 0 Å². The smallest absolute Gasteiger partial charge is 0.228 e. The number of carbonyl (C=O) groups excluding carboxylic acids is 1. The van der Waals surface area contributed by atoms with Gasteiger partial charge < -0.3 is 14.2 Å². The molecular formula is C25H37N3O4S. The molecule has 8 heteroatoms. The molecule has 1 aliphatic rings. The molecule has 1 saturated carbocycles. The third-order valence-corrected chi connectivity index (χ3v) is 7.84. The van der Waals surface area contributed by atoms with Crippen LogP contribution in [0.5, 0.6) is 0 Å². The minimum Gasteiger partial charge on any atom is -0.383 e. The normalized spacial score (nSPS) is 14.8. The van der Waals surface area contributed by atoms with Crippen molar-refractivity contribution in [1.29, 1.82) is 0 Å². The van der Waals surface area contributed by atoms with E-state index in [4.69, 9.17) is 4.74 Å². The van der Waals surface area contributed by atoms with Gasteiger partial charge >= 0.3 is 0 Å². The van der Waals surface area contributed by atoms with Crippen molar-refractivity contribution < 1.29 is 17.9 Å². The van der Waals surface area contributed by atoms with Gasteiger partial charge in [0.05, 0.1) is 30.8 Å². The fourth-order valence-corrected chi connectivity index (χ4v) is 6.07. The van der Waals surface area contributed by atoms with Crippen LogP contribution in [0, 0.1) is 18.8 Å². The number of amides is 1. The van der Waals surface area contributed by atoms with E-state index in [-0.39, 0.29) is 28.7 Å². The van der Waals surface area contributed by atoms with E-state index in [1.54, 1.807) is 17.9 Å². The maximum Gasteiger partial charge on any atom is 0.228 e. The number of ether oxygens (including phenoxy) is 1. The highest BCUT2D eigenvalue weighted by Crippen LogP contribution is 2.28. The molecule has 0 spiro atoms. The molecule has 1 aromatic heterocycles. The van der Waals surface area contributed by atoms with Gasteiger partial charge in [0.15, 0.2) is 0 Å². The second-order valence-electron chi connectivity index (χ2n) is 9.46. The highest BCUT2D eigenvalue weighted by Gasteiger charge is 2.30. The number of aromatic nitrogens is 2. The Kier molecular flexibility index (Phi) is 8.70. The molecule has 3 rings (SSSR count). The van der Waals surface area contributed by atoms with Crippen LogP contribution in [-0.2, 0) is 38.2 Å². The molecule has 0 N–H and O–H groups in total. The zero-order valence-corrected chi connectivity index (χ0v) is 21.1. The lowest BCUT2D eigenvalue weighted by molar-refractivity contribution is -0.136.